The third kappa shape index (κ3) is 5.17. The highest BCUT2D eigenvalue weighted by atomic mass is 16.2. The van der Waals surface area contributed by atoms with Crippen LogP contribution in [-0.2, 0) is 11.3 Å². The van der Waals surface area contributed by atoms with Crippen molar-refractivity contribution in [3.8, 4) is 0 Å². The Balaban J connectivity index is 2.03. The summed E-state index contributed by atoms with van der Waals surface area (Å²) in [5, 5.41) is 5.68. The molecule has 5 nitrogen and oxygen atoms in total. The zero-order chi connectivity index (χ0) is 20.1. The van der Waals surface area contributed by atoms with Crippen molar-refractivity contribution in [3.05, 3.63) is 64.2 Å². The molecule has 27 heavy (non-hydrogen) atoms. The smallest absolute Gasteiger partial charge is 0.251 e. The van der Waals surface area contributed by atoms with Crippen molar-refractivity contribution in [2.24, 2.45) is 0 Å². The first-order valence-electron chi connectivity index (χ1n) is 9.13. The average molecular weight is 367 g/mol. The standard InChI is InChI=1S/C22H29N3O2/c1-14-11-15(2)20(16(3)12-14)24-21(26)17(4)25(6)13-18-7-9-19(10-8-18)22(27)23-5/h7-12,17H,13H2,1-6H3,(H,23,27)(H,24,26)/t17-/m1/s1. The van der Waals surface area contributed by atoms with Gasteiger partial charge in [0.1, 0.15) is 0 Å². The van der Waals surface area contributed by atoms with E-state index >= 15 is 0 Å². The Labute approximate surface area is 161 Å². The summed E-state index contributed by atoms with van der Waals surface area (Å²) in [5.74, 6) is -0.138. The molecule has 5 heteroatoms. The van der Waals surface area contributed by atoms with E-state index in [9.17, 15) is 9.59 Å². The van der Waals surface area contributed by atoms with Crippen molar-refractivity contribution in [1.82, 2.24) is 10.2 Å². The van der Waals surface area contributed by atoms with E-state index in [1.807, 2.05) is 44.9 Å². The van der Waals surface area contributed by atoms with Gasteiger partial charge in [-0.2, -0.15) is 0 Å². The van der Waals surface area contributed by atoms with Gasteiger partial charge in [0.25, 0.3) is 5.91 Å². The Hall–Kier alpha value is -2.66. The van der Waals surface area contributed by atoms with Crippen LogP contribution in [0.5, 0.6) is 0 Å². The van der Waals surface area contributed by atoms with Gasteiger partial charge < -0.3 is 10.6 Å². The van der Waals surface area contributed by atoms with Crippen LogP contribution in [-0.4, -0.2) is 36.9 Å². The number of hydrogen-bond acceptors (Lipinski definition) is 3. The lowest BCUT2D eigenvalue weighted by Gasteiger charge is -2.25. The maximum absolute atomic E-state index is 12.7. The van der Waals surface area contributed by atoms with Gasteiger partial charge in [0, 0.05) is 24.8 Å². The average Bonchev–Trinajstić information content (AvgIpc) is 2.63. The molecule has 0 saturated heterocycles. The molecular weight excluding hydrogens is 338 g/mol. The lowest BCUT2D eigenvalue weighted by molar-refractivity contribution is -0.120. The van der Waals surface area contributed by atoms with Gasteiger partial charge >= 0.3 is 0 Å². The number of anilines is 1. The predicted octanol–water partition coefficient (Wildman–Crippen LogP) is 3.43. The van der Waals surface area contributed by atoms with Gasteiger partial charge in [0.15, 0.2) is 0 Å². The van der Waals surface area contributed by atoms with Crippen LogP contribution in [0.2, 0.25) is 0 Å². The van der Waals surface area contributed by atoms with Gasteiger partial charge in [-0.3, -0.25) is 14.5 Å². The summed E-state index contributed by atoms with van der Waals surface area (Å²) < 4.78 is 0. The number of carbonyl (C=O) groups excluding carboxylic acids is 2. The first-order chi connectivity index (χ1) is 12.7. The first-order valence-corrected chi connectivity index (χ1v) is 9.13. The van der Waals surface area contributed by atoms with Crippen LogP contribution in [0.25, 0.3) is 0 Å². The molecule has 0 radical (unpaired) electrons. The number of carbonyl (C=O) groups is 2. The molecule has 2 amide bonds. The van der Waals surface area contributed by atoms with E-state index in [4.69, 9.17) is 0 Å². The van der Waals surface area contributed by atoms with Gasteiger partial charge in [0.2, 0.25) is 5.91 Å². The summed E-state index contributed by atoms with van der Waals surface area (Å²) in [6.07, 6.45) is 0. The Morgan fingerprint density at radius 1 is 1.04 bits per heavy atom. The predicted molar refractivity (Wildman–Crippen MR) is 110 cm³/mol. The van der Waals surface area contributed by atoms with Crippen molar-refractivity contribution in [2.45, 2.75) is 40.3 Å². The van der Waals surface area contributed by atoms with Gasteiger partial charge in [-0.1, -0.05) is 29.8 Å². The highest BCUT2D eigenvalue weighted by Crippen LogP contribution is 2.22. The molecule has 0 aliphatic rings. The van der Waals surface area contributed by atoms with Crippen molar-refractivity contribution in [3.63, 3.8) is 0 Å². The number of aryl methyl sites for hydroxylation is 3. The molecule has 2 N–H and O–H groups in total. The molecule has 2 rings (SSSR count). The van der Waals surface area contributed by atoms with E-state index in [0.29, 0.717) is 12.1 Å². The SMILES string of the molecule is CNC(=O)c1ccc(CN(C)[C@H](C)C(=O)Nc2c(C)cc(C)cc2C)cc1. The Bertz CT molecular complexity index is 805. The molecule has 0 spiro atoms. The molecule has 1 atom stereocenters. The van der Waals surface area contributed by atoms with Gasteiger partial charge in [-0.15, -0.1) is 0 Å². The van der Waals surface area contributed by atoms with Crippen molar-refractivity contribution in [2.75, 3.05) is 19.4 Å². The fraction of sp³-hybridized carbons (Fsp3) is 0.364. The molecular formula is C22H29N3O2. The lowest BCUT2D eigenvalue weighted by Crippen LogP contribution is -2.39. The number of hydrogen-bond donors (Lipinski definition) is 2. The summed E-state index contributed by atoms with van der Waals surface area (Å²) in [5.41, 5.74) is 5.89. The van der Waals surface area contributed by atoms with Gasteiger partial charge in [0.05, 0.1) is 6.04 Å². The first kappa shape index (κ1) is 20.6. The van der Waals surface area contributed by atoms with E-state index in [0.717, 1.165) is 22.4 Å². The number of nitrogens with one attached hydrogen (secondary N) is 2. The molecule has 0 saturated carbocycles. The largest absolute Gasteiger partial charge is 0.355 e. The summed E-state index contributed by atoms with van der Waals surface area (Å²) in [6, 6.07) is 11.3. The summed E-state index contributed by atoms with van der Waals surface area (Å²) in [6.45, 7) is 8.59. The van der Waals surface area contributed by atoms with Crippen LogP contribution < -0.4 is 10.6 Å². The van der Waals surface area contributed by atoms with Crippen molar-refractivity contribution < 1.29 is 9.59 Å². The number of likely N-dealkylation sites (N-methyl/N-ethyl adjacent to an activating group) is 1. The summed E-state index contributed by atoms with van der Waals surface area (Å²) >= 11 is 0. The minimum Gasteiger partial charge on any atom is -0.355 e. The zero-order valence-electron chi connectivity index (χ0n) is 17.0. The molecule has 0 aliphatic heterocycles. The molecule has 0 bridgehead atoms. The Kier molecular flexibility index (Phi) is 6.75. The quantitative estimate of drug-likeness (QED) is 0.822. The molecule has 0 aromatic heterocycles. The van der Waals surface area contributed by atoms with Crippen LogP contribution in [0.15, 0.2) is 36.4 Å². The van der Waals surface area contributed by atoms with Gasteiger partial charge in [-0.05, 0) is 63.6 Å². The number of benzene rings is 2. The summed E-state index contributed by atoms with van der Waals surface area (Å²) in [4.78, 5) is 26.3. The van der Waals surface area contributed by atoms with Crippen molar-refractivity contribution in [1.29, 1.82) is 0 Å². The fourth-order valence-corrected chi connectivity index (χ4v) is 3.14. The second-order valence-electron chi connectivity index (χ2n) is 7.13. The number of rotatable bonds is 6. The highest BCUT2D eigenvalue weighted by molar-refractivity contribution is 5.96. The lowest BCUT2D eigenvalue weighted by atomic mass is 10.0. The number of nitrogens with zero attached hydrogens (tertiary/aromatic N) is 1. The Morgan fingerprint density at radius 3 is 2.11 bits per heavy atom. The summed E-state index contributed by atoms with van der Waals surface area (Å²) in [7, 11) is 3.54. The van der Waals surface area contributed by atoms with E-state index in [1.165, 1.54) is 5.56 Å². The molecule has 0 unspecified atom stereocenters. The van der Waals surface area contributed by atoms with E-state index < -0.39 is 0 Å². The van der Waals surface area contributed by atoms with E-state index in [-0.39, 0.29) is 17.9 Å². The third-order valence-electron chi connectivity index (χ3n) is 4.84. The minimum absolute atomic E-state index is 0.0328. The minimum atomic E-state index is -0.288. The second kappa shape index (κ2) is 8.82. The molecule has 144 valence electrons. The topological polar surface area (TPSA) is 61.4 Å². The van der Waals surface area contributed by atoms with Crippen molar-refractivity contribution >= 4 is 17.5 Å². The monoisotopic (exact) mass is 367 g/mol. The highest BCUT2D eigenvalue weighted by Gasteiger charge is 2.19. The number of amides is 2. The van der Waals surface area contributed by atoms with Crippen LogP contribution in [0.4, 0.5) is 5.69 Å². The molecule has 2 aromatic carbocycles. The van der Waals surface area contributed by atoms with E-state index in [1.54, 1.807) is 19.2 Å². The third-order valence-corrected chi connectivity index (χ3v) is 4.84. The van der Waals surface area contributed by atoms with Crippen LogP contribution in [0, 0.1) is 20.8 Å². The maximum Gasteiger partial charge on any atom is 0.251 e. The normalized spacial score (nSPS) is 12.0. The molecule has 0 heterocycles. The van der Waals surface area contributed by atoms with E-state index in [2.05, 4.69) is 29.7 Å². The fourth-order valence-electron chi connectivity index (χ4n) is 3.14. The van der Waals surface area contributed by atoms with Crippen LogP contribution in [0.3, 0.4) is 0 Å². The molecule has 0 fully saturated rings. The van der Waals surface area contributed by atoms with Gasteiger partial charge in [-0.25, -0.2) is 0 Å². The molecule has 2 aromatic rings. The maximum atomic E-state index is 12.7. The van der Waals surface area contributed by atoms with Crippen LogP contribution >= 0.6 is 0 Å². The zero-order valence-corrected chi connectivity index (χ0v) is 17.0. The molecule has 0 aliphatic carbocycles. The van der Waals surface area contributed by atoms with Crippen LogP contribution in [0.1, 0.15) is 39.5 Å². The Morgan fingerprint density at radius 2 is 1.59 bits per heavy atom. The second-order valence-corrected chi connectivity index (χ2v) is 7.13.